The Morgan fingerprint density at radius 1 is 1.32 bits per heavy atom. The normalized spacial score (nSPS) is 16.0. The molecule has 6 heteroatoms. The first kappa shape index (κ1) is 16.5. The molecule has 1 aliphatic heterocycles. The molecule has 2 rings (SSSR count). The topological polar surface area (TPSA) is 66.5 Å². The predicted molar refractivity (Wildman–Crippen MR) is 83.3 cm³/mol. The number of hydrogen-bond donors (Lipinski definition) is 1. The van der Waals surface area contributed by atoms with Gasteiger partial charge in [-0.25, -0.2) is 0 Å². The van der Waals surface area contributed by atoms with Gasteiger partial charge >= 0.3 is 0 Å². The Hall–Kier alpha value is -1.88. The van der Waals surface area contributed by atoms with Crippen molar-refractivity contribution >= 4 is 29.3 Å². The van der Waals surface area contributed by atoms with Crippen molar-refractivity contribution in [2.45, 2.75) is 38.6 Å². The Bertz CT molecular complexity index is 573. The van der Waals surface area contributed by atoms with Crippen LogP contribution in [-0.2, 0) is 20.8 Å². The predicted octanol–water partition coefficient (Wildman–Crippen LogP) is 1.93. The van der Waals surface area contributed by atoms with Gasteiger partial charge in [-0.2, -0.15) is 0 Å². The van der Waals surface area contributed by atoms with Crippen molar-refractivity contribution in [2.75, 3.05) is 6.54 Å². The molecule has 0 aromatic heterocycles. The number of hydrogen-bond acceptors (Lipinski definition) is 3. The Kier molecular flexibility index (Phi) is 5.55. The maximum Gasteiger partial charge on any atom is 0.229 e. The van der Waals surface area contributed by atoms with Crippen LogP contribution in [-0.4, -0.2) is 35.2 Å². The molecule has 22 heavy (non-hydrogen) atoms. The molecule has 3 amide bonds. The van der Waals surface area contributed by atoms with Gasteiger partial charge in [0.2, 0.25) is 17.7 Å². The van der Waals surface area contributed by atoms with Gasteiger partial charge in [0.25, 0.3) is 0 Å². The molecule has 1 heterocycles. The first-order chi connectivity index (χ1) is 10.5. The van der Waals surface area contributed by atoms with Crippen molar-refractivity contribution < 1.29 is 14.4 Å². The van der Waals surface area contributed by atoms with Crippen LogP contribution in [0.2, 0.25) is 5.02 Å². The van der Waals surface area contributed by atoms with E-state index in [0.29, 0.717) is 11.4 Å². The van der Waals surface area contributed by atoms with Crippen molar-refractivity contribution in [1.29, 1.82) is 0 Å². The minimum Gasteiger partial charge on any atom is -0.353 e. The number of nitrogens with zero attached hydrogens (tertiary/aromatic N) is 1. The maximum absolute atomic E-state index is 11.9. The zero-order valence-electron chi connectivity index (χ0n) is 12.5. The fraction of sp³-hybridized carbons (Fsp3) is 0.438. The van der Waals surface area contributed by atoms with E-state index in [1.807, 2.05) is 25.1 Å². The van der Waals surface area contributed by atoms with Gasteiger partial charge in [0, 0.05) is 36.9 Å². The highest BCUT2D eigenvalue weighted by Crippen LogP contribution is 2.13. The lowest BCUT2D eigenvalue weighted by Crippen LogP contribution is -2.38. The Balaban J connectivity index is 1.76. The molecule has 0 radical (unpaired) electrons. The number of likely N-dealkylation sites (tertiary alicyclic amines) is 1. The summed E-state index contributed by atoms with van der Waals surface area (Å²) in [5.74, 6) is -0.545. The average Bonchev–Trinajstić information content (AvgIpc) is 2.75. The van der Waals surface area contributed by atoms with Crippen LogP contribution in [0.25, 0.3) is 0 Å². The maximum atomic E-state index is 11.9. The third kappa shape index (κ3) is 4.56. The first-order valence-electron chi connectivity index (χ1n) is 7.32. The number of nitrogens with one attached hydrogen (secondary N) is 1. The highest BCUT2D eigenvalue weighted by atomic mass is 35.5. The van der Waals surface area contributed by atoms with Crippen molar-refractivity contribution in [3.05, 3.63) is 34.9 Å². The molecule has 1 N–H and O–H groups in total. The van der Waals surface area contributed by atoms with Crippen LogP contribution >= 0.6 is 11.6 Å². The van der Waals surface area contributed by atoms with Crippen LogP contribution in [0.4, 0.5) is 0 Å². The summed E-state index contributed by atoms with van der Waals surface area (Å²) >= 11 is 5.93. The minimum atomic E-state index is -0.190. The van der Waals surface area contributed by atoms with E-state index >= 15 is 0 Å². The number of carbonyl (C=O) groups excluding carboxylic acids is 3. The van der Waals surface area contributed by atoms with Gasteiger partial charge < -0.3 is 5.32 Å². The Morgan fingerprint density at radius 3 is 2.64 bits per heavy atom. The molecule has 5 nitrogen and oxygen atoms in total. The van der Waals surface area contributed by atoms with Crippen LogP contribution in [0, 0.1) is 0 Å². The van der Waals surface area contributed by atoms with Crippen molar-refractivity contribution in [3.63, 3.8) is 0 Å². The summed E-state index contributed by atoms with van der Waals surface area (Å²) in [5.41, 5.74) is 1.05. The number of amides is 3. The standard InChI is InChI=1S/C16H19ClN2O3/c1-11(9-12-3-2-4-13(17)10-12)18-14(20)7-8-19-15(21)5-6-16(19)22/h2-4,10-11H,5-9H2,1H3,(H,18,20)/t11-/m1/s1. The zero-order chi connectivity index (χ0) is 16.1. The van der Waals surface area contributed by atoms with Crippen LogP contribution < -0.4 is 5.32 Å². The lowest BCUT2D eigenvalue weighted by Gasteiger charge is -2.16. The second-order valence-corrected chi connectivity index (χ2v) is 5.93. The quantitative estimate of drug-likeness (QED) is 0.814. The molecule has 1 aromatic carbocycles. The van der Waals surface area contributed by atoms with E-state index in [1.165, 1.54) is 4.90 Å². The highest BCUT2D eigenvalue weighted by Gasteiger charge is 2.28. The van der Waals surface area contributed by atoms with E-state index in [-0.39, 0.29) is 49.6 Å². The van der Waals surface area contributed by atoms with Crippen molar-refractivity contribution in [1.82, 2.24) is 10.2 Å². The van der Waals surface area contributed by atoms with Gasteiger partial charge in [0.15, 0.2) is 0 Å². The van der Waals surface area contributed by atoms with Gasteiger partial charge in [0.05, 0.1) is 0 Å². The number of carbonyl (C=O) groups is 3. The van der Waals surface area contributed by atoms with Gasteiger partial charge in [-0.05, 0) is 31.0 Å². The Morgan fingerprint density at radius 2 is 2.00 bits per heavy atom. The summed E-state index contributed by atoms with van der Waals surface area (Å²) in [7, 11) is 0. The number of halogens is 1. The number of imide groups is 1. The molecule has 1 saturated heterocycles. The molecule has 0 aliphatic carbocycles. The molecule has 1 fully saturated rings. The summed E-state index contributed by atoms with van der Waals surface area (Å²) in [6, 6.07) is 7.45. The smallest absolute Gasteiger partial charge is 0.229 e. The number of rotatable bonds is 6. The van der Waals surface area contributed by atoms with Crippen LogP contribution in [0.5, 0.6) is 0 Å². The average molecular weight is 323 g/mol. The van der Waals surface area contributed by atoms with E-state index < -0.39 is 0 Å². The third-order valence-corrected chi connectivity index (χ3v) is 3.79. The molecule has 0 unspecified atom stereocenters. The lowest BCUT2D eigenvalue weighted by atomic mass is 10.1. The van der Waals surface area contributed by atoms with Crippen LogP contribution in [0.3, 0.4) is 0 Å². The second-order valence-electron chi connectivity index (χ2n) is 5.49. The van der Waals surface area contributed by atoms with Gasteiger partial charge in [-0.3, -0.25) is 19.3 Å². The zero-order valence-corrected chi connectivity index (χ0v) is 13.2. The van der Waals surface area contributed by atoms with Gasteiger partial charge in [-0.1, -0.05) is 23.7 Å². The van der Waals surface area contributed by atoms with Gasteiger partial charge in [-0.15, -0.1) is 0 Å². The molecule has 0 saturated carbocycles. The molecule has 118 valence electrons. The van der Waals surface area contributed by atoms with E-state index in [4.69, 9.17) is 11.6 Å². The van der Waals surface area contributed by atoms with Crippen LogP contribution in [0.1, 0.15) is 31.7 Å². The van der Waals surface area contributed by atoms with E-state index in [0.717, 1.165) is 5.56 Å². The summed E-state index contributed by atoms with van der Waals surface area (Å²) in [4.78, 5) is 36.0. The SMILES string of the molecule is C[C@H](Cc1cccc(Cl)c1)NC(=O)CCN1C(=O)CCC1=O. The number of benzene rings is 1. The molecule has 0 bridgehead atoms. The van der Waals surface area contributed by atoms with E-state index in [1.54, 1.807) is 6.07 Å². The minimum absolute atomic E-state index is 0.0454. The molecule has 1 aliphatic rings. The molecule has 1 aromatic rings. The molecular weight excluding hydrogens is 304 g/mol. The van der Waals surface area contributed by atoms with Crippen molar-refractivity contribution in [3.8, 4) is 0 Å². The summed E-state index contributed by atoms with van der Waals surface area (Å²) in [5, 5.41) is 3.54. The largest absolute Gasteiger partial charge is 0.353 e. The highest BCUT2D eigenvalue weighted by molar-refractivity contribution is 6.30. The summed E-state index contributed by atoms with van der Waals surface area (Å²) < 4.78 is 0. The van der Waals surface area contributed by atoms with Crippen LogP contribution in [0.15, 0.2) is 24.3 Å². The molecule has 1 atom stereocenters. The van der Waals surface area contributed by atoms with E-state index in [9.17, 15) is 14.4 Å². The monoisotopic (exact) mass is 322 g/mol. The second kappa shape index (κ2) is 7.40. The molecular formula is C16H19ClN2O3. The molecule has 0 spiro atoms. The fourth-order valence-corrected chi connectivity index (χ4v) is 2.71. The summed E-state index contributed by atoms with van der Waals surface area (Å²) in [6.45, 7) is 2.07. The third-order valence-electron chi connectivity index (χ3n) is 3.56. The Labute approximate surface area is 134 Å². The summed E-state index contributed by atoms with van der Waals surface area (Å²) in [6.07, 6.45) is 1.32. The van der Waals surface area contributed by atoms with Gasteiger partial charge in [0.1, 0.15) is 0 Å². The van der Waals surface area contributed by atoms with E-state index in [2.05, 4.69) is 5.32 Å². The lowest BCUT2D eigenvalue weighted by molar-refractivity contribution is -0.138. The van der Waals surface area contributed by atoms with Crippen molar-refractivity contribution in [2.24, 2.45) is 0 Å². The first-order valence-corrected chi connectivity index (χ1v) is 7.70. The fourth-order valence-electron chi connectivity index (χ4n) is 2.50.